The van der Waals surface area contributed by atoms with Crippen molar-refractivity contribution in [3.63, 3.8) is 0 Å². The smallest absolute Gasteiger partial charge is 0.251 e. The standard InChI is InChI=1S/C15H22BrN3O2.ClH/c1-10(2)6-13(8-17)19-14(20)9-18-15(21)11-4-3-5-12(16)7-11;/h3-5,7,10,13H,6,8-9,17H2,1-2H3,(H,18,21)(H,19,20);1H. The molecular formula is C15H23BrClN3O2. The Kier molecular flexibility index (Phi) is 10.1. The van der Waals surface area contributed by atoms with Gasteiger partial charge in [0.2, 0.25) is 5.91 Å². The number of nitrogens with two attached hydrogens (primary N) is 1. The lowest BCUT2D eigenvalue weighted by molar-refractivity contribution is -0.120. The second-order valence-corrected chi connectivity index (χ2v) is 6.24. The zero-order valence-corrected chi connectivity index (χ0v) is 15.2. The number of halogens is 2. The highest BCUT2D eigenvalue weighted by Crippen LogP contribution is 2.11. The molecule has 1 rings (SSSR count). The molecule has 0 aliphatic heterocycles. The van der Waals surface area contributed by atoms with Crippen LogP contribution in [0.1, 0.15) is 30.6 Å². The highest BCUT2D eigenvalue weighted by molar-refractivity contribution is 9.10. The third-order valence-corrected chi connectivity index (χ3v) is 3.40. The molecule has 0 radical (unpaired) electrons. The fourth-order valence-corrected chi connectivity index (χ4v) is 2.35. The summed E-state index contributed by atoms with van der Waals surface area (Å²) in [6, 6.07) is 6.95. The summed E-state index contributed by atoms with van der Waals surface area (Å²) in [4.78, 5) is 23.7. The van der Waals surface area contributed by atoms with Gasteiger partial charge in [0, 0.05) is 22.6 Å². The minimum Gasteiger partial charge on any atom is -0.351 e. The largest absolute Gasteiger partial charge is 0.351 e. The predicted molar refractivity (Wildman–Crippen MR) is 94.2 cm³/mol. The van der Waals surface area contributed by atoms with Crippen molar-refractivity contribution in [1.82, 2.24) is 10.6 Å². The topological polar surface area (TPSA) is 84.2 Å². The summed E-state index contributed by atoms with van der Waals surface area (Å²) in [5.74, 6) is -0.0517. The van der Waals surface area contributed by atoms with Crippen LogP contribution >= 0.6 is 28.3 Å². The summed E-state index contributed by atoms with van der Waals surface area (Å²) in [5, 5.41) is 5.42. The van der Waals surface area contributed by atoms with Gasteiger partial charge >= 0.3 is 0 Å². The fraction of sp³-hybridized carbons (Fsp3) is 0.467. The van der Waals surface area contributed by atoms with Gasteiger partial charge in [-0.3, -0.25) is 9.59 Å². The number of amides is 2. The van der Waals surface area contributed by atoms with E-state index in [0.29, 0.717) is 18.0 Å². The van der Waals surface area contributed by atoms with Gasteiger partial charge in [-0.1, -0.05) is 35.8 Å². The SMILES string of the molecule is CC(C)CC(CN)NC(=O)CNC(=O)c1cccc(Br)c1.Cl. The van der Waals surface area contributed by atoms with E-state index in [1.165, 1.54) is 0 Å². The highest BCUT2D eigenvalue weighted by Gasteiger charge is 2.13. The third kappa shape index (κ3) is 7.77. The van der Waals surface area contributed by atoms with E-state index in [0.717, 1.165) is 10.9 Å². The summed E-state index contributed by atoms with van der Waals surface area (Å²) in [5.41, 5.74) is 6.13. The van der Waals surface area contributed by atoms with Gasteiger partial charge in [0.1, 0.15) is 0 Å². The fourth-order valence-electron chi connectivity index (χ4n) is 1.95. The zero-order valence-electron chi connectivity index (χ0n) is 12.8. The van der Waals surface area contributed by atoms with Crippen LogP contribution in [0.2, 0.25) is 0 Å². The van der Waals surface area contributed by atoms with Crippen LogP contribution in [0.15, 0.2) is 28.7 Å². The number of carbonyl (C=O) groups excluding carboxylic acids is 2. The molecule has 0 aliphatic carbocycles. The van der Waals surface area contributed by atoms with E-state index in [1.54, 1.807) is 18.2 Å². The third-order valence-electron chi connectivity index (χ3n) is 2.90. The first kappa shape index (κ1) is 20.9. The zero-order chi connectivity index (χ0) is 15.8. The lowest BCUT2D eigenvalue weighted by Gasteiger charge is -2.18. The Labute approximate surface area is 145 Å². The molecule has 1 aromatic rings. The molecule has 7 heteroatoms. The Bertz CT molecular complexity index is 497. The Morgan fingerprint density at radius 1 is 1.32 bits per heavy atom. The Morgan fingerprint density at radius 3 is 2.55 bits per heavy atom. The number of hydrogen-bond acceptors (Lipinski definition) is 3. The van der Waals surface area contributed by atoms with E-state index < -0.39 is 0 Å². The maximum Gasteiger partial charge on any atom is 0.251 e. The second kappa shape index (κ2) is 10.6. The van der Waals surface area contributed by atoms with Crippen LogP contribution in [0, 0.1) is 5.92 Å². The molecule has 124 valence electrons. The predicted octanol–water partition coefficient (Wildman–Crippen LogP) is 2.09. The van der Waals surface area contributed by atoms with Crippen molar-refractivity contribution in [2.24, 2.45) is 11.7 Å². The number of carbonyl (C=O) groups is 2. The summed E-state index contributed by atoms with van der Waals surface area (Å²) < 4.78 is 0.819. The van der Waals surface area contributed by atoms with Crippen molar-refractivity contribution >= 4 is 40.2 Å². The minimum absolute atomic E-state index is 0. The van der Waals surface area contributed by atoms with Crippen LogP contribution in [0.25, 0.3) is 0 Å². The van der Waals surface area contributed by atoms with Crippen molar-refractivity contribution < 1.29 is 9.59 Å². The summed E-state index contributed by atoms with van der Waals surface area (Å²) in [6.45, 7) is 4.48. The van der Waals surface area contributed by atoms with Crippen molar-refractivity contribution in [3.05, 3.63) is 34.3 Å². The molecule has 1 aromatic carbocycles. The van der Waals surface area contributed by atoms with Crippen LogP contribution < -0.4 is 16.4 Å². The van der Waals surface area contributed by atoms with Gasteiger partial charge in [0.05, 0.1) is 6.54 Å². The summed E-state index contributed by atoms with van der Waals surface area (Å²) >= 11 is 3.30. The van der Waals surface area contributed by atoms with Crippen molar-refractivity contribution in [2.75, 3.05) is 13.1 Å². The minimum atomic E-state index is -0.278. The monoisotopic (exact) mass is 391 g/mol. The molecule has 5 nitrogen and oxygen atoms in total. The van der Waals surface area contributed by atoms with Crippen LogP contribution in [-0.2, 0) is 4.79 Å². The van der Waals surface area contributed by atoms with Gasteiger partial charge in [-0.2, -0.15) is 0 Å². The van der Waals surface area contributed by atoms with Gasteiger partial charge in [-0.25, -0.2) is 0 Å². The Morgan fingerprint density at radius 2 is 2.00 bits per heavy atom. The quantitative estimate of drug-likeness (QED) is 0.664. The molecule has 1 unspecified atom stereocenters. The molecule has 0 saturated heterocycles. The molecule has 0 spiro atoms. The Hall–Kier alpha value is -1.11. The molecule has 0 saturated carbocycles. The van der Waals surface area contributed by atoms with Crippen LogP contribution in [0.4, 0.5) is 0 Å². The van der Waals surface area contributed by atoms with Gasteiger partial charge in [0.15, 0.2) is 0 Å². The maximum atomic E-state index is 11.9. The van der Waals surface area contributed by atoms with E-state index >= 15 is 0 Å². The average molecular weight is 393 g/mol. The van der Waals surface area contributed by atoms with Crippen molar-refractivity contribution in [1.29, 1.82) is 0 Å². The summed E-state index contributed by atoms with van der Waals surface area (Å²) in [6.07, 6.45) is 0.821. The average Bonchev–Trinajstić information content (AvgIpc) is 2.43. The van der Waals surface area contributed by atoms with E-state index in [4.69, 9.17) is 5.73 Å². The van der Waals surface area contributed by atoms with Gasteiger partial charge in [-0.15, -0.1) is 12.4 Å². The van der Waals surface area contributed by atoms with Crippen LogP contribution in [-0.4, -0.2) is 30.9 Å². The number of benzene rings is 1. The van der Waals surface area contributed by atoms with Crippen molar-refractivity contribution in [2.45, 2.75) is 26.3 Å². The molecule has 4 N–H and O–H groups in total. The van der Waals surface area contributed by atoms with Gasteiger partial charge < -0.3 is 16.4 Å². The van der Waals surface area contributed by atoms with E-state index in [9.17, 15) is 9.59 Å². The molecule has 0 heterocycles. The van der Waals surface area contributed by atoms with E-state index in [-0.39, 0.29) is 36.8 Å². The molecule has 0 aliphatic rings. The summed E-state index contributed by atoms with van der Waals surface area (Å²) in [7, 11) is 0. The molecule has 0 bridgehead atoms. The molecule has 1 atom stereocenters. The lowest BCUT2D eigenvalue weighted by Crippen LogP contribution is -2.45. The van der Waals surface area contributed by atoms with E-state index in [2.05, 4.69) is 40.4 Å². The molecule has 2 amide bonds. The van der Waals surface area contributed by atoms with Crippen LogP contribution in [0.5, 0.6) is 0 Å². The normalized spacial score (nSPS) is 11.5. The maximum absolute atomic E-state index is 11.9. The number of nitrogens with one attached hydrogen (secondary N) is 2. The van der Waals surface area contributed by atoms with Gasteiger partial charge in [-0.05, 0) is 30.5 Å². The first-order valence-electron chi connectivity index (χ1n) is 6.95. The molecular weight excluding hydrogens is 370 g/mol. The molecule has 0 fully saturated rings. The first-order chi connectivity index (χ1) is 9.92. The second-order valence-electron chi connectivity index (χ2n) is 5.32. The molecule has 22 heavy (non-hydrogen) atoms. The lowest BCUT2D eigenvalue weighted by atomic mass is 10.0. The van der Waals surface area contributed by atoms with Crippen LogP contribution in [0.3, 0.4) is 0 Å². The number of hydrogen-bond donors (Lipinski definition) is 3. The first-order valence-corrected chi connectivity index (χ1v) is 7.75. The highest BCUT2D eigenvalue weighted by atomic mass is 79.9. The number of rotatable bonds is 7. The van der Waals surface area contributed by atoms with Gasteiger partial charge in [0.25, 0.3) is 5.91 Å². The molecule has 0 aromatic heterocycles. The van der Waals surface area contributed by atoms with Crippen molar-refractivity contribution in [3.8, 4) is 0 Å². The Balaban J connectivity index is 0.00000441. The van der Waals surface area contributed by atoms with E-state index in [1.807, 2.05) is 6.07 Å².